The quantitative estimate of drug-likeness (QED) is 0.500. The Kier molecular flexibility index (Phi) is 8.03. The second kappa shape index (κ2) is 10.5. The SMILES string of the molecule is CCC(C(=O)NC(C)C)N(Cc1ccc(F)cc1)C(=O)Cc1ccccc1[N+](=O)[O-]. The van der Waals surface area contributed by atoms with Crippen LogP contribution in [-0.2, 0) is 22.6 Å². The Bertz CT molecular complexity index is 900. The van der Waals surface area contributed by atoms with Crippen molar-refractivity contribution in [2.24, 2.45) is 0 Å². The Hall–Kier alpha value is -3.29. The average molecular weight is 415 g/mol. The molecular formula is C22H26FN3O4. The molecule has 0 bridgehead atoms. The molecular weight excluding hydrogens is 389 g/mol. The summed E-state index contributed by atoms with van der Waals surface area (Å²) in [5, 5.41) is 14.1. The lowest BCUT2D eigenvalue weighted by atomic mass is 10.1. The summed E-state index contributed by atoms with van der Waals surface area (Å²) < 4.78 is 13.3. The van der Waals surface area contributed by atoms with Crippen LogP contribution in [0.2, 0.25) is 0 Å². The minimum atomic E-state index is -0.757. The number of halogens is 1. The van der Waals surface area contributed by atoms with E-state index in [1.165, 1.54) is 35.2 Å². The highest BCUT2D eigenvalue weighted by Gasteiger charge is 2.30. The summed E-state index contributed by atoms with van der Waals surface area (Å²) in [5.41, 5.74) is 0.783. The number of nitrogens with zero attached hydrogens (tertiary/aromatic N) is 2. The lowest BCUT2D eigenvalue weighted by Crippen LogP contribution is -2.50. The van der Waals surface area contributed by atoms with Crippen LogP contribution in [0.4, 0.5) is 10.1 Å². The second-order valence-electron chi connectivity index (χ2n) is 7.30. The Morgan fingerprint density at radius 3 is 2.33 bits per heavy atom. The maximum absolute atomic E-state index is 13.3. The van der Waals surface area contributed by atoms with Crippen LogP contribution in [0.15, 0.2) is 48.5 Å². The third kappa shape index (κ3) is 6.10. The summed E-state index contributed by atoms with van der Waals surface area (Å²) >= 11 is 0. The highest BCUT2D eigenvalue weighted by atomic mass is 19.1. The predicted octanol–water partition coefficient (Wildman–Crippen LogP) is 3.61. The van der Waals surface area contributed by atoms with Crippen molar-refractivity contribution in [2.45, 2.75) is 52.2 Å². The van der Waals surface area contributed by atoms with Gasteiger partial charge in [0.05, 0.1) is 11.3 Å². The van der Waals surface area contributed by atoms with Crippen LogP contribution in [0.5, 0.6) is 0 Å². The molecule has 0 saturated heterocycles. The van der Waals surface area contributed by atoms with Crippen LogP contribution in [0.1, 0.15) is 38.3 Å². The van der Waals surface area contributed by atoms with E-state index >= 15 is 0 Å². The summed E-state index contributed by atoms with van der Waals surface area (Å²) in [4.78, 5) is 38.1. The number of rotatable bonds is 9. The van der Waals surface area contributed by atoms with E-state index in [1.54, 1.807) is 25.1 Å². The molecule has 0 fully saturated rings. The number of benzene rings is 2. The van der Waals surface area contributed by atoms with E-state index in [1.807, 2.05) is 13.8 Å². The molecule has 2 aromatic carbocycles. The van der Waals surface area contributed by atoms with Crippen LogP contribution in [-0.4, -0.2) is 33.7 Å². The summed E-state index contributed by atoms with van der Waals surface area (Å²) in [6.07, 6.45) is 0.145. The van der Waals surface area contributed by atoms with Crippen molar-refractivity contribution in [3.63, 3.8) is 0 Å². The third-order valence-electron chi connectivity index (χ3n) is 4.61. The first-order chi connectivity index (χ1) is 14.2. The van der Waals surface area contributed by atoms with Gasteiger partial charge in [0.1, 0.15) is 11.9 Å². The van der Waals surface area contributed by atoms with Gasteiger partial charge in [-0.3, -0.25) is 19.7 Å². The number of nitro groups is 1. The van der Waals surface area contributed by atoms with E-state index in [4.69, 9.17) is 0 Å². The molecule has 2 aromatic rings. The van der Waals surface area contributed by atoms with Crippen LogP contribution >= 0.6 is 0 Å². The smallest absolute Gasteiger partial charge is 0.273 e. The van der Waals surface area contributed by atoms with Crippen molar-refractivity contribution in [2.75, 3.05) is 0 Å². The van der Waals surface area contributed by atoms with Gasteiger partial charge in [0.15, 0.2) is 0 Å². The maximum Gasteiger partial charge on any atom is 0.273 e. The molecule has 0 radical (unpaired) electrons. The zero-order chi connectivity index (χ0) is 22.3. The Morgan fingerprint density at radius 2 is 1.77 bits per heavy atom. The fourth-order valence-electron chi connectivity index (χ4n) is 3.19. The van der Waals surface area contributed by atoms with Crippen molar-refractivity contribution in [3.8, 4) is 0 Å². The molecule has 1 N–H and O–H groups in total. The second-order valence-corrected chi connectivity index (χ2v) is 7.30. The van der Waals surface area contributed by atoms with E-state index in [0.717, 1.165) is 0 Å². The molecule has 0 aliphatic heterocycles. The molecule has 7 nitrogen and oxygen atoms in total. The summed E-state index contributed by atoms with van der Waals surface area (Å²) in [6, 6.07) is 10.8. The number of nitrogens with one attached hydrogen (secondary N) is 1. The van der Waals surface area contributed by atoms with E-state index in [2.05, 4.69) is 5.32 Å². The number of hydrogen-bond donors (Lipinski definition) is 1. The van der Waals surface area contributed by atoms with Crippen molar-refractivity contribution in [1.29, 1.82) is 0 Å². The monoisotopic (exact) mass is 415 g/mol. The van der Waals surface area contributed by atoms with Crippen LogP contribution in [0.25, 0.3) is 0 Å². The molecule has 30 heavy (non-hydrogen) atoms. The highest BCUT2D eigenvalue weighted by molar-refractivity contribution is 5.89. The molecule has 2 amide bonds. The van der Waals surface area contributed by atoms with Gasteiger partial charge in [0.2, 0.25) is 11.8 Å². The molecule has 0 aliphatic rings. The minimum absolute atomic E-state index is 0.0871. The first-order valence-electron chi connectivity index (χ1n) is 9.79. The van der Waals surface area contributed by atoms with Gasteiger partial charge < -0.3 is 10.2 Å². The molecule has 1 unspecified atom stereocenters. The lowest BCUT2D eigenvalue weighted by molar-refractivity contribution is -0.385. The topological polar surface area (TPSA) is 92.6 Å². The van der Waals surface area contributed by atoms with E-state index in [9.17, 15) is 24.1 Å². The van der Waals surface area contributed by atoms with Gasteiger partial charge in [0.25, 0.3) is 5.69 Å². The molecule has 0 heterocycles. The van der Waals surface area contributed by atoms with Crippen molar-refractivity contribution in [1.82, 2.24) is 10.2 Å². The van der Waals surface area contributed by atoms with E-state index in [-0.39, 0.29) is 36.2 Å². The maximum atomic E-state index is 13.3. The van der Waals surface area contributed by atoms with Crippen molar-refractivity contribution < 1.29 is 18.9 Å². The molecule has 160 valence electrons. The zero-order valence-electron chi connectivity index (χ0n) is 17.3. The number of amides is 2. The van der Waals surface area contributed by atoms with Gasteiger partial charge in [-0.1, -0.05) is 37.3 Å². The number of carbonyl (C=O) groups excluding carboxylic acids is 2. The van der Waals surface area contributed by atoms with Crippen LogP contribution < -0.4 is 5.32 Å². The molecule has 8 heteroatoms. The highest BCUT2D eigenvalue weighted by Crippen LogP contribution is 2.21. The Labute approximate surface area is 175 Å². The van der Waals surface area contributed by atoms with Gasteiger partial charge in [-0.25, -0.2) is 4.39 Å². The number of hydrogen-bond acceptors (Lipinski definition) is 4. The zero-order valence-corrected chi connectivity index (χ0v) is 17.3. The molecule has 0 aromatic heterocycles. The largest absolute Gasteiger partial charge is 0.352 e. The van der Waals surface area contributed by atoms with Gasteiger partial charge in [-0.2, -0.15) is 0 Å². The van der Waals surface area contributed by atoms with Gasteiger partial charge >= 0.3 is 0 Å². The summed E-state index contributed by atoms with van der Waals surface area (Å²) in [5.74, 6) is -1.12. The summed E-state index contributed by atoms with van der Waals surface area (Å²) in [6.45, 7) is 5.53. The fourth-order valence-corrected chi connectivity index (χ4v) is 3.19. The number of carbonyl (C=O) groups is 2. The van der Waals surface area contributed by atoms with Crippen LogP contribution in [0, 0.1) is 15.9 Å². The third-order valence-corrected chi connectivity index (χ3v) is 4.61. The van der Waals surface area contributed by atoms with E-state index < -0.39 is 22.7 Å². The molecule has 0 aliphatic carbocycles. The molecule has 2 rings (SSSR count). The van der Waals surface area contributed by atoms with Crippen molar-refractivity contribution in [3.05, 3.63) is 75.6 Å². The van der Waals surface area contributed by atoms with Gasteiger partial charge in [-0.05, 0) is 38.0 Å². The number of para-hydroxylation sites is 1. The lowest BCUT2D eigenvalue weighted by Gasteiger charge is -2.31. The normalized spacial score (nSPS) is 11.8. The van der Waals surface area contributed by atoms with Gasteiger partial charge in [0, 0.05) is 24.2 Å². The number of nitro benzene ring substituents is 1. The predicted molar refractivity (Wildman–Crippen MR) is 111 cm³/mol. The average Bonchev–Trinajstić information content (AvgIpc) is 2.69. The van der Waals surface area contributed by atoms with Crippen LogP contribution in [0.3, 0.4) is 0 Å². The molecule has 1 atom stereocenters. The molecule has 0 saturated carbocycles. The van der Waals surface area contributed by atoms with Crippen molar-refractivity contribution >= 4 is 17.5 Å². The van der Waals surface area contributed by atoms with E-state index in [0.29, 0.717) is 12.0 Å². The molecule has 0 spiro atoms. The summed E-state index contributed by atoms with van der Waals surface area (Å²) in [7, 11) is 0. The Balaban J connectivity index is 2.36. The van der Waals surface area contributed by atoms with Gasteiger partial charge in [-0.15, -0.1) is 0 Å². The fraction of sp³-hybridized carbons (Fsp3) is 0.364. The first kappa shape index (κ1) is 23.0. The minimum Gasteiger partial charge on any atom is -0.352 e. The Morgan fingerprint density at radius 1 is 1.13 bits per heavy atom. The standard InChI is InChI=1S/C22H26FN3O4/c1-4-19(22(28)24-15(2)3)25(14-16-9-11-18(23)12-10-16)21(27)13-17-7-5-6-8-20(17)26(29)30/h5-12,15,19H,4,13-14H2,1-3H3,(H,24,28). The first-order valence-corrected chi connectivity index (χ1v) is 9.79.